The number of nitro benzene ring substituents is 1. The van der Waals surface area contributed by atoms with Crippen molar-refractivity contribution in [3.63, 3.8) is 0 Å². The van der Waals surface area contributed by atoms with E-state index in [4.69, 9.17) is 19.5 Å². The standard InChI is InChI=1S/C18H15N3O6/c19-11-13(18(22)23)9-14-2-4-17(27-14)12-1-3-15(16(10-12)21(24)25)20-5-7-26-8-6-20/h1-4,9-10H,5-8H2,(H,22,23)/b13-9+. The smallest absolute Gasteiger partial charge is 0.346 e. The maximum atomic E-state index is 11.5. The molecule has 0 spiro atoms. The van der Waals surface area contributed by atoms with Gasteiger partial charge in [0.25, 0.3) is 5.69 Å². The number of hydrogen-bond acceptors (Lipinski definition) is 7. The lowest BCUT2D eigenvalue weighted by atomic mass is 10.1. The van der Waals surface area contributed by atoms with Crippen LogP contribution in [0.2, 0.25) is 0 Å². The van der Waals surface area contributed by atoms with E-state index >= 15 is 0 Å². The number of carboxylic acids is 1. The predicted molar refractivity (Wildman–Crippen MR) is 95.1 cm³/mol. The SMILES string of the molecule is N#C/C(=C\c1ccc(-c2ccc(N3CCOCC3)c([N+](=O)[O-])c2)o1)C(=O)O. The number of anilines is 1. The molecular formula is C18H15N3O6. The molecule has 2 aromatic rings. The first-order chi connectivity index (χ1) is 13.0. The Bertz CT molecular complexity index is 950. The number of rotatable bonds is 5. The van der Waals surface area contributed by atoms with Gasteiger partial charge in [0.05, 0.1) is 18.1 Å². The minimum absolute atomic E-state index is 0.0499. The highest BCUT2D eigenvalue weighted by Crippen LogP contribution is 2.34. The van der Waals surface area contributed by atoms with Crippen molar-refractivity contribution in [2.45, 2.75) is 0 Å². The molecule has 1 saturated heterocycles. The van der Waals surface area contributed by atoms with Crippen molar-refractivity contribution in [2.24, 2.45) is 0 Å². The number of benzene rings is 1. The van der Waals surface area contributed by atoms with Crippen molar-refractivity contribution in [3.05, 3.63) is 51.8 Å². The van der Waals surface area contributed by atoms with Gasteiger partial charge in [-0.25, -0.2) is 4.79 Å². The summed E-state index contributed by atoms with van der Waals surface area (Å²) in [5, 5.41) is 29.2. The number of aliphatic carboxylic acids is 1. The van der Waals surface area contributed by atoms with Gasteiger partial charge in [0.2, 0.25) is 0 Å². The molecule has 1 aromatic carbocycles. The van der Waals surface area contributed by atoms with Gasteiger partial charge in [-0.15, -0.1) is 0 Å². The number of nitro groups is 1. The fourth-order valence-corrected chi connectivity index (χ4v) is 2.76. The van der Waals surface area contributed by atoms with E-state index in [1.54, 1.807) is 24.3 Å². The van der Waals surface area contributed by atoms with Crippen LogP contribution in [0.4, 0.5) is 11.4 Å². The minimum Gasteiger partial charge on any atom is -0.477 e. The third kappa shape index (κ3) is 3.96. The van der Waals surface area contributed by atoms with Crippen LogP contribution in [0, 0.1) is 21.4 Å². The van der Waals surface area contributed by atoms with E-state index in [0.29, 0.717) is 43.3 Å². The minimum atomic E-state index is -1.36. The van der Waals surface area contributed by atoms with Gasteiger partial charge in [-0.3, -0.25) is 10.1 Å². The van der Waals surface area contributed by atoms with E-state index in [1.165, 1.54) is 12.1 Å². The number of nitriles is 1. The summed E-state index contributed by atoms with van der Waals surface area (Å²) in [6, 6.07) is 9.40. The molecule has 27 heavy (non-hydrogen) atoms. The average Bonchev–Trinajstić information content (AvgIpc) is 3.14. The zero-order valence-corrected chi connectivity index (χ0v) is 14.1. The summed E-state index contributed by atoms with van der Waals surface area (Å²) in [6.07, 6.45) is 1.10. The first kappa shape index (κ1) is 18.2. The first-order valence-corrected chi connectivity index (χ1v) is 8.06. The lowest BCUT2D eigenvalue weighted by Gasteiger charge is -2.28. The molecule has 138 valence electrons. The van der Waals surface area contributed by atoms with Gasteiger partial charge in [0, 0.05) is 30.8 Å². The first-order valence-electron chi connectivity index (χ1n) is 8.06. The van der Waals surface area contributed by atoms with Gasteiger partial charge in [-0.1, -0.05) is 0 Å². The Morgan fingerprint density at radius 1 is 1.30 bits per heavy atom. The largest absolute Gasteiger partial charge is 0.477 e. The summed E-state index contributed by atoms with van der Waals surface area (Å²) in [4.78, 5) is 23.9. The van der Waals surface area contributed by atoms with Crippen LogP contribution in [-0.2, 0) is 9.53 Å². The molecular weight excluding hydrogens is 354 g/mol. The monoisotopic (exact) mass is 369 g/mol. The molecule has 0 bridgehead atoms. The molecule has 9 nitrogen and oxygen atoms in total. The van der Waals surface area contributed by atoms with Crippen molar-refractivity contribution < 1.29 is 24.0 Å². The van der Waals surface area contributed by atoms with Crippen molar-refractivity contribution in [2.75, 3.05) is 31.2 Å². The molecule has 1 N–H and O–H groups in total. The second-order valence-corrected chi connectivity index (χ2v) is 5.74. The van der Waals surface area contributed by atoms with Crippen molar-refractivity contribution in [1.82, 2.24) is 0 Å². The van der Waals surface area contributed by atoms with E-state index in [2.05, 4.69) is 0 Å². The van der Waals surface area contributed by atoms with Gasteiger partial charge >= 0.3 is 5.97 Å². The number of nitrogens with zero attached hydrogens (tertiary/aromatic N) is 3. The fraction of sp³-hybridized carbons (Fsp3) is 0.222. The predicted octanol–water partition coefficient (Wildman–Crippen LogP) is 2.68. The number of carboxylic acid groups (broad SMARTS) is 1. The normalized spacial score (nSPS) is 14.6. The van der Waals surface area contributed by atoms with Crippen LogP contribution >= 0.6 is 0 Å². The van der Waals surface area contributed by atoms with Crippen LogP contribution in [0.15, 0.2) is 40.3 Å². The Hall–Kier alpha value is -3.64. The molecule has 0 radical (unpaired) electrons. The molecule has 1 aromatic heterocycles. The maximum absolute atomic E-state index is 11.5. The molecule has 0 saturated carbocycles. The van der Waals surface area contributed by atoms with E-state index in [9.17, 15) is 14.9 Å². The summed E-state index contributed by atoms with van der Waals surface area (Å²) < 4.78 is 10.8. The second kappa shape index (κ2) is 7.72. The summed E-state index contributed by atoms with van der Waals surface area (Å²) in [6.45, 7) is 2.17. The zero-order valence-electron chi connectivity index (χ0n) is 14.1. The van der Waals surface area contributed by atoms with Crippen LogP contribution in [0.5, 0.6) is 0 Å². The van der Waals surface area contributed by atoms with Crippen molar-refractivity contribution in [3.8, 4) is 17.4 Å². The highest BCUT2D eigenvalue weighted by atomic mass is 16.6. The molecule has 0 amide bonds. The quantitative estimate of drug-likeness (QED) is 0.368. The number of carbonyl (C=O) groups is 1. The fourth-order valence-electron chi connectivity index (χ4n) is 2.76. The Kier molecular flexibility index (Phi) is 5.19. The summed E-state index contributed by atoms with van der Waals surface area (Å²) in [5.41, 5.74) is 0.472. The van der Waals surface area contributed by atoms with Crippen LogP contribution in [-0.4, -0.2) is 42.3 Å². The topological polar surface area (TPSA) is 130 Å². The molecule has 1 aliphatic heterocycles. The number of hydrogen-bond donors (Lipinski definition) is 1. The van der Waals surface area contributed by atoms with Gasteiger partial charge in [0.1, 0.15) is 28.9 Å². The molecule has 1 fully saturated rings. The molecule has 3 rings (SSSR count). The molecule has 0 aliphatic carbocycles. The van der Waals surface area contributed by atoms with Crippen LogP contribution in [0.25, 0.3) is 17.4 Å². The maximum Gasteiger partial charge on any atom is 0.346 e. The van der Waals surface area contributed by atoms with Crippen molar-refractivity contribution >= 4 is 23.4 Å². The van der Waals surface area contributed by atoms with E-state index < -0.39 is 16.5 Å². The molecule has 1 aliphatic rings. The van der Waals surface area contributed by atoms with Crippen molar-refractivity contribution in [1.29, 1.82) is 5.26 Å². The summed E-state index contributed by atoms with van der Waals surface area (Å²) >= 11 is 0. The van der Waals surface area contributed by atoms with Crippen LogP contribution in [0.1, 0.15) is 5.76 Å². The number of morpholine rings is 1. The van der Waals surface area contributed by atoms with Gasteiger partial charge in [0.15, 0.2) is 0 Å². The lowest BCUT2D eigenvalue weighted by molar-refractivity contribution is -0.384. The molecule has 2 heterocycles. The van der Waals surface area contributed by atoms with Crippen LogP contribution < -0.4 is 4.90 Å². The number of furan rings is 1. The van der Waals surface area contributed by atoms with E-state index in [-0.39, 0.29) is 11.4 Å². The second-order valence-electron chi connectivity index (χ2n) is 5.74. The lowest BCUT2D eigenvalue weighted by Crippen LogP contribution is -2.36. The molecule has 9 heteroatoms. The van der Waals surface area contributed by atoms with E-state index in [0.717, 1.165) is 6.08 Å². The third-order valence-corrected chi connectivity index (χ3v) is 4.07. The average molecular weight is 369 g/mol. The molecule has 0 unspecified atom stereocenters. The zero-order chi connectivity index (χ0) is 19.4. The summed E-state index contributed by atoms with van der Waals surface area (Å²) in [7, 11) is 0. The highest BCUT2D eigenvalue weighted by Gasteiger charge is 2.22. The molecule has 0 atom stereocenters. The highest BCUT2D eigenvalue weighted by molar-refractivity contribution is 5.96. The van der Waals surface area contributed by atoms with Crippen LogP contribution in [0.3, 0.4) is 0 Å². The van der Waals surface area contributed by atoms with Gasteiger partial charge in [-0.2, -0.15) is 5.26 Å². The van der Waals surface area contributed by atoms with E-state index in [1.807, 2.05) is 4.90 Å². The Morgan fingerprint density at radius 3 is 2.67 bits per heavy atom. The summed E-state index contributed by atoms with van der Waals surface area (Å²) in [5.74, 6) is -0.856. The Balaban J connectivity index is 1.94. The van der Waals surface area contributed by atoms with Gasteiger partial charge < -0.3 is 19.2 Å². The number of ether oxygens (including phenoxy) is 1. The Labute approximate surface area is 153 Å². The third-order valence-electron chi connectivity index (χ3n) is 4.07. The Morgan fingerprint density at radius 2 is 2.04 bits per heavy atom. The van der Waals surface area contributed by atoms with Gasteiger partial charge in [-0.05, 0) is 24.3 Å².